The van der Waals surface area contributed by atoms with E-state index in [-0.39, 0.29) is 42.7 Å². The first-order valence-electron chi connectivity index (χ1n) is 12.3. The number of nitrogens with zero attached hydrogens (tertiary/aromatic N) is 3. The Morgan fingerprint density at radius 2 is 1.70 bits per heavy atom. The number of hydrogen-bond acceptors (Lipinski definition) is 5. The van der Waals surface area contributed by atoms with E-state index in [1.807, 2.05) is 30.3 Å². The molecular formula is C28H24BrClN4O5S. The summed E-state index contributed by atoms with van der Waals surface area (Å²) in [4.78, 5) is 42.3. The average molecular weight is 644 g/mol. The van der Waals surface area contributed by atoms with Gasteiger partial charge in [0, 0.05) is 35.9 Å². The van der Waals surface area contributed by atoms with Crippen molar-refractivity contribution in [2.24, 2.45) is 0 Å². The van der Waals surface area contributed by atoms with Crippen LogP contribution >= 0.6 is 27.5 Å². The number of fused-ring (bicyclic) bond motifs is 1. The van der Waals surface area contributed by atoms with Crippen LogP contribution in [0.25, 0.3) is 5.69 Å². The molecule has 0 unspecified atom stereocenters. The highest BCUT2D eigenvalue weighted by Gasteiger charge is 2.32. The van der Waals surface area contributed by atoms with E-state index in [2.05, 4.69) is 21.2 Å². The zero-order valence-corrected chi connectivity index (χ0v) is 24.5. The lowest BCUT2D eigenvalue weighted by Crippen LogP contribution is -2.41. The van der Waals surface area contributed by atoms with E-state index in [0.29, 0.717) is 26.4 Å². The number of hydrogen-bond donors (Lipinski definition) is 1. The molecule has 40 heavy (non-hydrogen) atoms. The fourth-order valence-electron chi connectivity index (χ4n) is 4.62. The number of sulfone groups is 1. The fraction of sp³-hybridized carbons (Fsp3) is 0.179. The SMILES string of the molecule is CS(=O)(=O)c1ccc(-n2c(C(=O)NCc3ccccc3)c3n(c2=O)CCN(C(=O)c2ccc(Br)c(Cl)c2)C3)cc1. The molecule has 1 aromatic heterocycles. The molecule has 12 heteroatoms. The Balaban J connectivity index is 1.56. The Morgan fingerprint density at radius 1 is 1.00 bits per heavy atom. The summed E-state index contributed by atoms with van der Waals surface area (Å²) < 4.78 is 27.4. The second-order valence-corrected chi connectivity index (χ2v) is 12.6. The third-order valence-corrected chi connectivity index (χ3v) is 9.03. The number of nitrogens with one attached hydrogen (secondary N) is 1. The predicted molar refractivity (Wildman–Crippen MR) is 155 cm³/mol. The molecule has 0 spiro atoms. The zero-order chi connectivity index (χ0) is 28.6. The van der Waals surface area contributed by atoms with Gasteiger partial charge in [-0.15, -0.1) is 0 Å². The number of carbonyl (C=O) groups excluding carboxylic acids is 2. The van der Waals surface area contributed by atoms with Crippen LogP contribution < -0.4 is 11.0 Å². The van der Waals surface area contributed by atoms with Crippen LogP contribution in [-0.4, -0.2) is 47.1 Å². The molecule has 0 fully saturated rings. The maximum atomic E-state index is 13.6. The van der Waals surface area contributed by atoms with Crippen LogP contribution in [0.5, 0.6) is 0 Å². The molecule has 1 N–H and O–H groups in total. The summed E-state index contributed by atoms with van der Waals surface area (Å²) in [7, 11) is -3.46. The molecule has 0 atom stereocenters. The van der Waals surface area contributed by atoms with Crippen molar-refractivity contribution >= 4 is 49.2 Å². The highest BCUT2D eigenvalue weighted by atomic mass is 79.9. The minimum absolute atomic E-state index is 0.0181. The molecule has 206 valence electrons. The van der Waals surface area contributed by atoms with Gasteiger partial charge in [-0.2, -0.15) is 0 Å². The van der Waals surface area contributed by atoms with Crippen LogP contribution in [0.1, 0.15) is 32.1 Å². The van der Waals surface area contributed by atoms with Crippen molar-refractivity contribution < 1.29 is 18.0 Å². The van der Waals surface area contributed by atoms with E-state index in [1.165, 1.54) is 33.4 Å². The molecule has 5 rings (SSSR count). The van der Waals surface area contributed by atoms with E-state index in [9.17, 15) is 22.8 Å². The topological polar surface area (TPSA) is 110 Å². The lowest BCUT2D eigenvalue weighted by Gasteiger charge is -2.28. The first kappa shape index (κ1) is 27.9. The van der Waals surface area contributed by atoms with Crippen molar-refractivity contribution in [3.05, 3.63) is 115 Å². The summed E-state index contributed by atoms with van der Waals surface area (Å²) in [6.45, 7) is 0.675. The summed E-state index contributed by atoms with van der Waals surface area (Å²) in [5.41, 5.74) is 1.60. The maximum Gasteiger partial charge on any atom is 0.333 e. The van der Waals surface area contributed by atoms with E-state index in [4.69, 9.17) is 11.6 Å². The Hall–Kier alpha value is -3.67. The van der Waals surface area contributed by atoms with Gasteiger partial charge in [-0.3, -0.25) is 18.7 Å². The van der Waals surface area contributed by atoms with Crippen molar-refractivity contribution in [3.8, 4) is 5.69 Å². The Morgan fingerprint density at radius 3 is 2.35 bits per heavy atom. The molecule has 0 radical (unpaired) electrons. The van der Waals surface area contributed by atoms with Gasteiger partial charge in [0.1, 0.15) is 5.69 Å². The first-order chi connectivity index (χ1) is 19.0. The summed E-state index contributed by atoms with van der Waals surface area (Å²) in [6.07, 6.45) is 1.10. The van der Waals surface area contributed by atoms with Crippen LogP contribution in [0.4, 0.5) is 0 Å². The summed E-state index contributed by atoms with van der Waals surface area (Å²) in [6, 6.07) is 20.0. The molecule has 0 saturated carbocycles. The lowest BCUT2D eigenvalue weighted by atomic mass is 10.1. The van der Waals surface area contributed by atoms with Crippen LogP contribution in [0.2, 0.25) is 5.02 Å². The van der Waals surface area contributed by atoms with Crippen molar-refractivity contribution in [2.75, 3.05) is 12.8 Å². The molecule has 4 aromatic rings. The van der Waals surface area contributed by atoms with Gasteiger partial charge in [0.25, 0.3) is 11.8 Å². The quantitative estimate of drug-likeness (QED) is 0.341. The molecule has 0 bridgehead atoms. The monoisotopic (exact) mass is 642 g/mol. The van der Waals surface area contributed by atoms with Gasteiger partial charge in [-0.1, -0.05) is 41.9 Å². The smallest absolute Gasteiger partial charge is 0.333 e. The van der Waals surface area contributed by atoms with Gasteiger partial charge >= 0.3 is 5.69 Å². The van der Waals surface area contributed by atoms with Crippen LogP contribution in [0, 0.1) is 0 Å². The first-order valence-corrected chi connectivity index (χ1v) is 15.3. The lowest BCUT2D eigenvalue weighted by molar-refractivity contribution is 0.0706. The molecule has 3 aromatic carbocycles. The summed E-state index contributed by atoms with van der Waals surface area (Å²) in [5.74, 6) is -0.781. The van der Waals surface area contributed by atoms with Crippen LogP contribution in [0.15, 0.2) is 87.0 Å². The largest absolute Gasteiger partial charge is 0.347 e. The standard InChI is InChI=1S/C28H24BrClN4O5S/c1-40(38,39)21-10-8-20(9-11-21)34-25(26(35)31-16-18-5-3-2-4-6-18)24-17-32(13-14-33(24)28(34)37)27(36)19-7-12-22(29)23(30)15-19/h2-12,15H,13-14,16-17H2,1H3,(H,31,35). The van der Waals surface area contributed by atoms with E-state index >= 15 is 0 Å². The minimum atomic E-state index is -3.46. The molecule has 9 nitrogen and oxygen atoms in total. The Labute approximate surface area is 244 Å². The average Bonchev–Trinajstić information content (AvgIpc) is 3.24. The number of amides is 2. The fourth-order valence-corrected chi connectivity index (χ4v) is 5.68. The van der Waals surface area contributed by atoms with Crippen LogP contribution in [0.3, 0.4) is 0 Å². The molecule has 2 amide bonds. The molecular weight excluding hydrogens is 620 g/mol. The molecule has 1 aliphatic rings. The third-order valence-electron chi connectivity index (χ3n) is 6.67. The van der Waals surface area contributed by atoms with Crippen molar-refractivity contribution in [1.82, 2.24) is 19.4 Å². The highest BCUT2D eigenvalue weighted by Crippen LogP contribution is 2.26. The minimum Gasteiger partial charge on any atom is -0.347 e. The van der Waals surface area contributed by atoms with Gasteiger partial charge in [0.15, 0.2) is 9.84 Å². The molecule has 0 saturated heterocycles. The van der Waals surface area contributed by atoms with Gasteiger partial charge in [-0.25, -0.2) is 13.2 Å². The predicted octanol–water partition coefficient (Wildman–Crippen LogP) is 4.04. The van der Waals surface area contributed by atoms with Gasteiger partial charge in [0.2, 0.25) is 0 Å². The summed E-state index contributed by atoms with van der Waals surface area (Å²) >= 11 is 9.53. The number of carbonyl (C=O) groups is 2. The Bertz CT molecular complexity index is 1780. The molecule has 2 heterocycles. The number of aromatic nitrogens is 2. The number of imidazole rings is 1. The number of rotatable bonds is 6. The molecule has 1 aliphatic heterocycles. The molecule has 0 aliphatic carbocycles. The van der Waals surface area contributed by atoms with Gasteiger partial charge in [0.05, 0.1) is 27.8 Å². The van der Waals surface area contributed by atoms with Crippen molar-refractivity contribution in [3.63, 3.8) is 0 Å². The highest BCUT2D eigenvalue weighted by molar-refractivity contribution is 9.10. The number of benzene rings is 3. The second kappa shape index (κ2) is 11.1. The maximum absolute atomic E-state index is 13.6. The zero-order valence-electron chi connectivity index (χ0n) is 21.3. The summed E-state index contributed by atoms with van der Waals surface area (Å²) in [5, 5.41) is 3.27. The van der Waals surface area contributed by atoms with Crippen molar-refractivity contribution in [2.45, 2.75) is 24.5 Å². The number of halogens is 2. The van der Waals surface area contributed by atoms with Gasteiger partial charge in [-0.05, 0) is 64.0 Å². The van der Waals surface area contributed by atoms with E-state index in [0.717, 1.165) is 11.8 Å². The third kappa shape index (κ3) is 5.49. The van der Waals surface area contributed by atoms with Gasteiger partial charge < -0.3 is 10.2 Å². The second-order valence-electron chi connectivity index (χ2n) is 9.35. The normalized spacial score (nSPS) is 13.1. The van der Waals surface area contributed by atoms with E-state index < -0.39 is 21.4 Å². The van der Waals surface area contributed by atoms with Crippen molar-refractivity contribution in [1.29, 1.82) is 0 Å². The van der Waals surface area contributed by atoms with Crippen LogP contribution in [-0.2, 0) is 29.5 Å². The van der Waals surface area contributed by atoms with E-state index in [1.54, 1.807) is 23.1 Å². The Kier molecular flexibility index (Phi) is 7.72.